The molecule has 9 heteroatoms. The monoisotopic (exact) mass is 573 g/mol. The number of halogens is 1. The van der Waals surface area contributed by atoms with Gasteiger partial charge in [0, 0.05) is 50.0 Å². The zero-order valence-electron chi connectivity index (χ0n) is 23.3. The predicted octanol–water partition coefficient (Wildman–Crippen LogP) is 3.71. The molecule has 214 valence electrons. The van der Waals surface area contributed by atoms with Crippen LogP contribution in [0.2, 0.25) is 5.02 Å². The number of carbonyl (C=O) groups is 3. The smallest absolute Gasteiger partial charge is 0.243 e. The highest BCUT2D eigenvalue weighted by atomic mass is 35.5. The van der Waals surface area contributed by atoms with E-state index in [-0.39, 0.29) is 36.7 Å². The Bertz CT molecular complexity index is 1320. The van der Waals surface area contributed by atoms with Gasteiger partial charge in [0.05, 0.1) is 19.0 Å². The average molecular weight is 574 g/mol. The fourth-order valence-corrected chi connectivity index (χ4v) is 5.80. The van der Waals surface area contributed by atoms with E-state index >= 15 is 0 Å². The lowest BCUT2D eigenvalue weighted by Crippen LogP contribution is -2.60. The molecule has 2 aliphatic rings. The van der Waals surface area contributed by atoms with Crippen molar-refractivity contribution in [1.29, 1.82) is 0 Å². The van der Waals surface area contributed by atoms with Gasteiger partial charge in [-0.3, -0.25) is 24.2 Å². The highest BCUT2D eigenvalue weighted by molar-refractivity contribution is 6.31. The molecule has 0 bridgehead atoms. The number of hydrogen-bond acceptors (Lipinski definition) is 5. The number of anilines is 1. The van der Waals surface area contributed by atoms with E-state index < -0.39 is 6.04 Å². The summed E-state index contributed by atoms with van der Waals surface area (Å²) in [6, 6.07) is 25.6. The number of nitrogens with one attached hydrogen (secondary N) is 2. The largest absolute Gasteiger partial charge is 0.353 e. The van der Waals surface area contributed by atoms with Crippen LogP contribution >= 0.6 is 11.6 Å². The average Bonchev–Trinajstić information content (AvgIpc) is 2.98. The molecule has 3 amide bonds. The third kappa shape index (κ3) is 7.14. The molecule has 0 aromatic heterocycles. The number of nitrogens with zero attached hydrogens (tertiary/aromatic N) is 3. The predicted molar refractivity (Wildman–Crippen MR) is 161 cm³/mol. The fraction of sp³-hybridized carbons (Fsp3) is 0.344. The van der Waals surface area contributed by atoms with Gasteiger partial charge in [0.25, 0.3) is 0 Å². The Kier molecular flexibility index (Phi) is 9.34. The van der Waals surface area contributed by atoms with Crippen molar-refractivity contribution in [2.75, 3.05) is 51.1 Å². The summed E-state index contributed by atoms with van der Waals surface area (Å²) in [7, 11) is 0. The van der Waals surface area contributed by atoms with E-state index in [9.17, 15) is 14.4 Å². The van der Waals surface area contributed by atoms with E-state index in [0.29, 0.717) is 23.8 Å². The quantitative estimate of drug-likeness (QED) is 0.429. The number of rotatable bonds is 8. The summed E-state index contributed by atoms with van der Waals surface area (Å²) in [6.45, 7) is 5.95. The fourth-order valence-electron chi connectivity index (χ4n) is 5.62. The number of hydrogen-bond donors (Lipinski definition) is 2. The van der Waals surface area contributed by atoms with Crippen LogP contribution in [0.1, 0.15) is 29.2 Å². The standard InChI is InChI=1S/C32H36ClN5O3/c1-23-12-13-26(20-27(23)33)35-29(39)21-28-32(41)34-14-15-38(28)30(40)22-36-16-18-37(19-17-36)31(24-8-4-2-5-9-24)25-10-6-3-7-11-25/h2-13,20,28,31H,14-19,21-22H2,1H3,(H,34,41)(H,35,39)/t28-/m1/s1. The Morgan fingerprint density at radius 2 is 1.56 bits per heavy atom. The van der Waals surface area contributed by atoms with E-state index in [2.05, 4.69) is 69.0 Å². The molecular formula is C32H36ClN5O3. The van der Waals surface area contributed by atoms with Gasteiger partial charge < -0.3 is 15.5 Å². The van der Waals surface area contributed by atoms with Crippen molar-refractivity contribution in [3.63, 3.8) is 0 Å². The Hall–Kier alpha value is -3.72. The third-order valence-corrected chi connectivity index (χ3v) is 8.25. The van der Waals surface area contributed by atoms with Gasteiger partial charge in [0.1, 0.15) is 6.04 Å². The lowest BCUT2D eigenvalue weighted by molar-refractivity contribution is -0.145. The molecule has 0 saturated carbocycles. The van der Waals surface area contributed by atoms with Crippen LogP contribution < -0.4 is 10.6 Å². The first-order valence-electron chi connectivity index (χ1n) is 14.1. The number of amides is 3. The minimum absolute atomic E-state index is 0.118. The van der Waals surface area contributed by atoms with Gasteiger partial charge in [-0.15, -0.1) is 0 Å². The molecule has 0 radical (unpaired) electrons. The molecule has 41 heavy (non-hydrogen) atoms. The maximum atomic E-state index is 13.4. The summed E-state index contributed by atoms with van der Waals surface area (Å²) in [5.41, 5.74) is 3.96. The molecule has 0 aliphatic carbocycles. The second-order valence-corrected chi connectivity index (χ2v) is 11.1. The Labute approximate surface area is 246 Å². The van der Waals surface area contributed by atoms with Crippen molar-refractivity contribution in [1.82, 2.24) is 20.0 Å². The number of aryl methyl sites for hydroxylation is 1. The highest BCUT2D eigenvalue weighted by Gasteiger charge is 2.36. The first-order valence-corrected chi connectivity index (χ1v) is 14.5. The lowest BCUT2D eigenvalue weighted by atomic mass is 9.96. The van der Waals surface area contributed by atoms with Crippen LogP contribution in [0.3, 0.4) is 0 Å². The van der Waals surface area contributed by atoms with Crippen LogP contribution in [0.15, 0.2) is 78.9 Å². The summed E-state index contributed by atoms with van der Waals surface area (Å²) >= 11 is 6.18. The van der Waals surface area contributed by atoms with Crippen molar-refractivity contribution in [2.45, 2.75) is 25.4 Å². The summed E-state index contributed by atoms with van der Waals surface area (Å²) in [6.07, 6.45) is -0.118. The van der Waals surface area contributed by atoms with E-state index in [4.69, 9.17) is 11.6 Å². The molecule has 2 fully saturated rings. The second-order valence-electron chi connectivity index (χ2n) is 10.6. The molecular weight excluding hydrogens is 538 g/mol. The molecule has 1 atom stereocenters. The van der Waals surface area contributed by atoms with Crippen LogP contribution in [0.4, 0.5) is 5.69 Å². The zero-order valence-corrected chi connectivity index (χ0v) is 24.0. The highest BCUT2D eigenvalue weighted by Crippen LogP contribution is 2.29. The molecule has 3 aromatic rings. The van der Waals surface area contributed by atoms with E-state index in [1.54, 1.807) is 17.0 Å². The van der Waals surface area contributed by atoms with E-state index in [1.807, 2.05) is 25.1 Å². The number of piperazine rings is 2. The minimum atomic E-state index is -0.848. The second kappa shape index (κ2) is 13.3. The van der Waals surface area contributed by atoms with Gasteiger partial charge >= 0.3 is 0 Å². The molecule has 2 aliphatic heterocycles. The molecule has 2 heterocycles. The van der Waals surface area contributed by atoms with Crippen molar-refractivity contribution < 1.29 is 14.4 Å². The van der Waals surface area contributed by atoms with Crippen molar-refractivity contribution in [3.8, 4) is 0 Å². The number of benzene rings is 3. The Morgan fingerprint density at radius 3 is 2.17 bits per heavy atom. The van der Waals surface area contributed by atoms with Crippen molar-refractivity contribution >= 4 is 35.0 Å². The van der Waals surface area contributed by atoms with E-state index in [1.165, 1.54) is 11.1 Å². The lowest BCUT2D eigenvalue weighted by Gasteiger charge is -2.41. The van der Waals surface area contributed by atoms with Crippen molar-refractivity contribution in [3.05, 3.63) is 101 Å². The minimum Gasteiger partial charge on any atom is -0.353 e. The normalized spacial score (nSPS) is 18.3. The van der Waals surface area contributed by atoms with Crippen LogP contribution in [-0.2, 0) is 14.4 Å². The summed E-state index contributed by atoms with van der Waals surface area (Å²) in [5, 5.41) is 6.16. The van der Waals surface area contributed by atoms with Gasteiger partial charge in [0.15, 0.2) is 0 Å². The van der Waals surface area contributed by atoms with Crippen LogP contribution in [0.5, 0.6) is 0 Å². The molecule has 2 saturated heterocycles. The molecule has 5 rings (SSSR count). The maximum absolute atomic E-state index is 13.4. The Balaban J connectivity index is 1.19. The molecule has 3 aromatic carbocycles. The number of carbonyl (C=O) groups excluding carboxylic acids is 3. The Morgan fingerprint density at radius 1 is 0.927 bits per heavy atom. The maximum Gasteiger partial charge on any atom is 0.243 e. The van der Waals surface area contributed by atoms with Crippen LogP contribution in [-0.4, -0.2) is 84.3 Å². The summed E-state index contributed by atoms with van der Waals surface area (Å²) < 4.78 is 0. The summed E-state index contributed by atoms with van der Waals surface area (Å²) in [4.78, 5) is 45.2. The molecule has 2 N–H and O–H groups in total. The third-order valence-electron chi connectivity index (χ3n) is 7.85. The van der Waals surface area contributed by atoms with Crippen molar-refractivity contribution in [2.24, 2.45) is 0 Å². The SMILES string of the molecule is Cc1ccc(NC(=O)C[C@@H]2C(=O)NCCN2C(=O)CN2CCN(C(c3ccccc3)c3ccccc3)CC2)cc1Cl. The van der Waals surface area contributed by atoms with Gasteiger partial charge in [-0.2, -0.15) is 0 Å². The van der Waals surface area contributed by atoms with E-state index in [0.717, 1.165) is 31.7 Å². The first-order chi connectivity index (χ1) is 19.9. The van der Waals surface area contributed by atoms with Gasteiger partial charge in [-0.25, -0.2) is 0 Å². The summed E-state index contributed by atoms with van der Waals surface area (Å²) in [5.74, 6) is -0.779. The molecule has 8 nitrogen and oxygen atoms in total. The first kappa shape index (κ1) is 28.8. The van der Waals surface area contributed by atoms with Crippen LogP contribution in [0.25, 0.3) is 0 Å². The van der Waals surface area contributed by atoms with Gasteiger partial charge in [0.2, 0.25) is 17.7 Å². The topological polar surface area (TPSA) is 85.0 Å². The van der Waals surface area contributed by atoms with Gasteiger partial charge in [-0.1, -0.05) is 78.3 Å². The molecule has 0 unspecified atom stereocenters. The van der Waals surface area contributed by atoms with Gasteiger partial charge in [-0.05, 0) is 35.7 Å². The zero-order chi connectivity index (χ0) is 28.8. The van der Waals surface area contributed by atoms with Crippen LogP contribution in [0, 0.1) is 6.92 Å². The molecule has 0 spiro atoms.